The summed E-state index contributed by atoms with van der Waals surface area (Å²) in [5, 5.41) is 4.60. The molecule has 2 rings (SSSR count). The first kappa shape index (κ1) is 15.1. The van der Waals surface area contributed by atoms with Crippen LogP contribution in [0.15, 0.2) is 22.8 Å². The van der Waals surface area contributed by atoms with Crippen molar-refractivity contribution in [2.24, 2.45) is 0 Å². The lowest BCUT2D eigenvalue weighted by atomic mass is 9.85. The smallest absolute Gasteiger partial charge is 0.137 e. The van der Waals surface area contributed by atoms with Crippen LogP contribution in [0.2, 0.25) is 0 Å². The lowest BCUT2D eigenvalue weighted by molar-refractivity contribution is 0.199. The molecule has 3 nitrogen and oxygen atoms in total. The number of furan rings is 1. The third-order valence-corrected chi connectivity index (χ3v) is 3.50. The topological polar surface area (TPSA) is 34.4 Å². The molecule has 0 spiro atoms. The molecule has 0 radical (unpaired) electrons. The molecule has 0 amide bonds. The summed E-state index contributed by atoms with van der Waals surface area (Å²) in [5.41, 5.74) is 4.87. The highest BCUT2D eigenvalue weighted by Crippen LogP contribution is 2.33. The number of hydrogen-bond donors (Lipinski definition) is 1. The van der Waals surface area contributed by atoms with Crippen LogP contribution in [0.5, 0.6) is 0 Å². The van der Waals surface area contributed by atoms with Crippen LogP contribution in [-0.2, 0) is 16.7 Å². The maximum Gasteiger partial charge on any atom is 0.137 e. The van der Waals surface area contributed by atoms with Gasteiger partial charge in [-0.2, -0.15) is 0 Å². The highest BCUT2D eigenvalue weighted by molar-refractivity contribution is 5.85. The predicted molar refractivity (Wildman–Crippen MR) is 83.2 cm³/mol. The number of benzene rings is 1. The van der Waals surface area contributed by atoms with Gasteiger partial charge in [-0.1, -0.05) is 26.8 Å². The van der Waals surface area contributed by atoms with E-state index in [9.17, 15) is 0 Å². The number of hydrogen-bond acceptors (Lipinski definition) is 3. The summed E-state index contributed by atoms with van der Waals surface area (Å²) in [6, 6.07) is 4.44. The molecule has 110 valence electrons. The van der Waals surface area contributed by atoms with E-state index in [1.54, 1.807) is 7.11 Å². The van der Waals surface area contributed by atoms with E-state index in [2.05, 4.69) is 45.1 Å². The van der Waals surface area contributed by atoms with Gasteiger partial charge in [0.2, 0.25) is 0 Å². The molecule has 3 heteroatoms. The average Bonchev–Trinajstić information content (AvgIpc) is 2.75. The highest BCUT2D eigenvalue weighted by atomic mass is 16.5. The summed E-state index contributed by atoms with van der Waals surface area (Å²) in [6.45, 7) is 11.2. The third-order valence-electron chi connectivity index (χ3n) is 3.50. The average molecular weight is 275 g/mol. The van der Waals surface area contributed by atoms with Gasteiger partial charge in [0.05, 0.1) is 12.9 Å². The summed E-state index contributed by atoms with van der Waals surface area (Å²) < 4.78 is 10.9. The fourth-order valence-electron chi connectivity index (χ4n) is 2.42. The Morgan fingerprint density at radius 1 is 1.25 bits per heavy atom. The van der Waals surface area contributed by atoms with Crippen molar-refractivity contribution in [1.29, 1.82) is 0 Å². The zero-order valence-corrected chi connectivity index (χ0v) is 13.2. The largest absolute Gasteiger partial charge is 0.464 e. The Balaban J connectivity index is 2.33. The van der Waals surface area contributed by atoms with Crippen LogP contribution >= 0.6 is 0 Å². The molecule has 0 bridgehead atoms. The minimum Gasteiger partial charge on any atom is -0.464 e. The van der Waals surface area contributed by atoms with Crippen LogP contribution in [-0.4, -0.2) is 20.3 Å². The quantitative estimate of drug-likeness (QED) is 0.843. The van der Waals surface area contributed by atoms with Gasteiger partial charge in [-0.05, 0) is 24.0 Å². The standard InChI is InChI=1S/C17H25NO2/c1-12-8-14-13(10-18-6-7-19-5)11-20-16(14)15(9-12)17(2,3)4/h8-9,11,18H,6-7,10H2,1-5H3. The maximum absolute atomic E-state index is 5.85. The Bertz CT molecular complexity index is 578. The molecule has 1 heterocycles. The van der Waals surface area contributed by atoms with E-state index in [0.29, 0.717) is 0 Å². The van der Waals surface area contributed by atoms with E-state index in [1.165, 1.54) is 22.1 Å². The molecule has 0 atom stereocenters. The maximum atomic E-state index is 5.85. The number of aryl methyl sites for hydroxylation is 1. The van der Waals surface area contributed by atoms with Crippen molar-refractivity contribution in [3.8, 4) is 0 Å². The van der Waals surface area contributed by atoms with Crippen LogP contribution in [0, 0.1) is 6.92 Å². The normalized spacial score (nSPS) is 12.2. The molecule has 0 aliphatic rings. The summed E-state index contributed by atoms with van der Waals surface area (Å²) in [7, 11) is 1.72. The Morgan fingerprint density at radius 2 is 2.00 bits per heavy atom. The Kier molecular flexibility index (Phi) is 4.51. The van der Waals surface area contributed by atoms with E-state index >= 15 is 0 Å². The van der Waals surface area contributed by atoms with Crippen molar-refractivity contribution in [3.05, 3.63) is 35.1 Å². The van der Waals surface area contributed by atoms with Crippen molar-refractivity contribution in [3.63, 3.8) is 0 Å². The molecule has 20 heavy (non-hydrogen) atoms. The molecule has 2 aromatic rings. The Morgan fingerprint density at radius 3 is 2.65 bits per heavy atom. The van der Waals surface area contributed by atoms with Gasteiger partial charge in [0, 0.05) is 36.7 Å². The van der Waals surface area contributed by atoms with Gasteiger partial charge >= 0.3 is 0 Å². The van der Waals surface area contributed by atoms with Crippen LogP contribution in [0.4, 0.5) is 0 Å². The molecule has 0 saturated carbocycles. The van der Waals surface area contributed by atoms with Crippen LogP contribution in [0.3, 0.4) is 0 Å². The molecule has 0 saturated heterocycles. The summed E-state index contributed by atoms with van der Waals surface area (Å²) >= 11 is 0. The van der Waals surface area contributed by atoms with Crippen molar-refractivity contribution >= 4 is 11.0 Å². The van der Waals surface area contributed by atoms with Gasteiger partial charge in [0.15, 0.2) is 0 Å². The number of nitrogens with one attached hydrogen (secondary N) is 1. The molecule has 1 aromatic heterocycles. The zero-order valence-electron chi connectivity index (χ0n) is 13.2. The monoisotopic (exact) mass is 275 g/mol. The predicted octanol–water partition coefficient (Wildman–Crippen LogP) is 3.77. The molecule has 0 unspecified atom stereocenters. The van der Waals surface area contributed by atoms with Crippen molar-refractivity contribution in [2.75, 3.05) is 20.3 Å². The summed E-state index contributed by atoms with van der Waals surface area (Å²) in [6.07, 6.45) is 1.87. The van der Waals surface area contributed by atoms with Gasteiger partial charge in [0.1, 0.15) is 5.58 Å². The van der Waals surface area contributed by atoms with Crippen LogP contribution in [0.25, 0.3) is 11.0 Å². The van der Waals surface area contributed by atoms with E-state index in [4.69, 9.17) is 9.15 Å². The fourth-order valence-corrected chi connectivity index (χ4v) is 2.42. The van der Waals surface area contributed by atoms with E-state index in [-0.39, 0.29) is 5.41 Å². The van der Waals surface area contributed by atoms with Crippen molar-refractivity contribution in [2.45, 2.75) is 39.7 Å². The van der Waals surface area contributed by atoms with Gasteiger partial charge < -0.3 is 14.5 Å². The molecule has 0 aliphatic carbocycles. The second-order valence-corrected chi connectivity index (χ2v) is 6.37. The second-order valence-electron chi connectivity index (χ2n) is 6.37. The van der Waals surface area contributed by atoms with E-state index in [1.807, 2.05) is 6.26 Å². The number of methoxy groups -OCH3 is 1. The molecular weight excluding hydrogens is 250 g/mol. The van der Waals surface area contributed by atoms with Crippen molar-refractivity contribution < 1.29 is 9.15 Å². The van der Waals surface area contributed by atoms with Gasteiger partial charge in [0.25, 0.3) is 0 Å². The number of ether oxygens (including phenoxy) is 1. The lowest BCUT2D eigenvalue weighted by Gasteiger charge is -2.20. The highest BCUT2D eigenvalue weighted by Gasteiger charge is 2.20. The molecule has 0 aliphatic heterocycles. The molecule has 1 aromatic carbocycles. The number of fused-ring (bicyclic) bond motifs is 1. The van der Waals surface area contributed by atoms with Crippen LogP contribution < -0.4 is 5.32 Å². The minimum absolute atomic E-state index is 0.0862. The number of rotatable bonds is 5. The Labute approximate surface area is 121 Å². The molecule has 0 fully saturated rings. The van der Waals surface area contributed by atoms with Crippen molar-refractivity contribution in [1.82, 2.24) is 5.32 Å². The summed E-state index contributed by atoms with van der Waals surface area (Å²) in [4.78, 5) is 0. The minimum atomic E-state index is 0.0862. The summed E-state index contributed by atoms with van der Waals surface area (Å²) in [5.74, 6) is 0. The molecule has 1 N–H and O–H groups in total. The Hall–Kier alpha value is -1.32. The van der Waals surface area contributed by atoms with Crippen LogP contribution in [0.1, 0.15) is 37.5 Å². The van der Waals surface area contributed by atoms with Gasteiger partial charge in [-0.3, -0.25) is 0 Å². The fraction of sp³-hybridized carbons (Fsp3) is 0.529. The van der Waals surface area contributed by atoms with E-state index in [0.717, 1.165) is 25.3 Å². The van der Waals surface area contributed by atoms with Gasteiger partial charge in [-0.25, -0.2) is 0 Å². The lowest BCUT2D eigenvalue weighted by Crippen LogP contribution is -2.18. The third kappa shape index (κ3) is 3.22. The van der Waals surface area contributed by atoms with E-state index < -0.39 is 0 Å². The first-order valence-corrected chi connectivity index (χ1v) is 7.14. The first-order valence-electron chi connectivity index (χ1n) is 7.14. The molecular formula is C17H25NO2. The van der Waals surface area contributed by atoms with Gasteiger partial charge in [-0.15, -0.1) is 0 Å². The first-order chi connectivity index (χ1) is 9.43. The zero-order chi connectivity index (χ0) is 14.8. The SMILES string of the molecule is COCCNCc1coc2c(C(C)(C)C)cc(C)cc12. The second kappa shape index (κ2) is 5.98.